The molecule has 1 aromatic rings. The lowest BCUT2D eigenvalue weighted by Gasteiger charge is -2.26. The summed E-state index contributed by atoms with van der Waals surface area (Å²) in [5.74, 6) is 0.0804. The fraction of sp³-hybridized carbons (Fsp3) is 0.571. The van der Waals surface area contributed by atoms with Gasteiger partial charge in [-0.3, -0.25) is 0 Å². The van der Waals surface area contributed by atoms with Crippen molar-refractivity contribution in [2.24, 2.45) is 5.41 Å². The van der Waals surface area contributed by atoms with E-state index in [1.807, 2.05) is 0 Å². The summed E-state index contributed by atoms with van der Waals surface area (Å²) in [5, 5.41) is 9.24. The van der Waals surface area contributed by atoms with Crippen LogP contribution in [-0.2, 0) is 10.0 Å². The third kappa shape index (κ3) is 2.62. The van der Waals surface area contributed by atoms with E-state index < -0.39 is 10.0 Å². The van der Waals surface area contributed by atoms with Gasteiger partial charge in [0.15, 0.2) is 0 Å². The fourth-order valence-corrected chi connectivity index (χ4v) is 4.25. The molecule has 0 saturated carbocycles. The molecule has 4 nitrogen and oxygen atoms in total. The van der Waals surface area contributed by atoms with Gasteiger partial charge < -0.3 is 5.11 Å². The quantitative estimate of drug-likeness (QED) is 0.924. The van der Waals surface area contributed by atoms with E-state index in [2.05, 4.69) is 13.8 Å². The highest BCUT2D eigenvalue weighted by Gasteiger charge is 2.40. The van der Waals surface area contributed by atoms with E-state index in [1.54, 1.807) is 4.31 Å². The van der Waals surface area contributed by atoms with Gasteiger partial charge in [-0.25, -0.2) is 8.42 Å². The molecule has 1 N–H and O–H groups in total. The van der Waals surface area contributed by atoms with E-state index in [1.165, 1.54) is 24.3 Å². The molecule has 1 saturated heterocycles. The number of hydrogen-bond acceptors (Lipinski definition) is 3. The third-order valence-corrected chi connectivity index (χ3v) is 6.24. The number of rotatable bonds is 4. The minimum atomic E-state index is -3.42. The molecule has 0 unspecified atom stereocenters. The van der Waals surface area contributed by atoms with Crippen molar-refractivity contribution >= 4 is 10.0 Å². The van der Waals surface area contributed by atoms with E-state index in [0.717, 1.165) is 19.3 Å². The molecule has 0 spiro atoms. The third-order valence-electron chi connectivity index (χ3n) is 4.38. The molecule has 1 aliphatic rings. The zero-order chi connectivity index (χ0) is 14.1. The number of sulfonamides is 1. The summed E-state index contributed by atoms with van der Waals surface area (Å²) < 4.78 is 26.6. The standard InChI is InChI=1S/C14H21NO3S/c1-3-14(4-2)9-10-15(11-14)19(17,18)13-7-5-12(16)6-8-13/h5-8,16H,3-4,9-11H2,1-2H3. The van der Waals surface area contributed by atoms with Crippen molar-refractivity contribution in [1.82, 2.24) is 4.31 Å². The van der Waals surface area contributed by atoms with E-state index in [-0.39, 0.29) is 16.1 Å². The molecule has 106 valence electrons. The van der Waals surface area contributed by atoms with Gasteiger partial charge in [0.05, 0.1) is 4.90 Å². The molecule has 1 aromatic carbocycles. The summed E-state index contributed by atoms with van der Waals surface area (Å²) >= 11 is 0. The van der Waals surface area contributed by atoms with Crippen LogP contribution in [0, 0.1) is 5.41 Å². The van der Waals surface area contributed by atoms with Crippen molar-refractivity contribution in [1.29, 1.82) is 0 Å². The van der Waals surface area contributed by atoms with Crippen LogP contribution in [0.3, 0.4) is 0 Å². The Labute approximate surface area is 115 Å². The van der Waals surface area contributed by atoms with Crippen LogP contribution in [0.25, 0.3) is 0 Å². The Morgan fingerprint density at radius 3 is 2.26 bits per heavy atom. The lowest BCUT2D eigenvalue weighted by Crippen LogP contribution is -2.31. The number of aromatic hydroxyl groups is 1. The Bertz CT molecular complexity index is 532. The average Bonchev–Trinajstić information content (AvgIpc) is 2.85. The van der Waals surface area contributed by atoms with Crippen LogP contribution in [0.2, 0.25) is 0 Å². The molecule has 0 amide bonds. The Morgan fingerprint density at radius 2 is 1.79 bits per heavy atom. The second-order valence-corrected chi connectivity index (χ2v) is 7.23. The van der Waals surface area contributed by atoms with Crippen LogP contribution in [0.4, 0.5) is 0 Å². The Hall–Kier alpha value is -1.07. The molecule has 1 aliphatic heterocycles. The van der Waals surface area contributed by atoms with E-state index in [4.69, 9.17) is 0 Å². The summed E-state index contributed by atoms with van der Waals surface area (Å²) in [6.45, 7) is 5.44. The van der Waals surface area contributed by atoms with Gasteiger partial charge in [-0.15, -0.1) is 0 Å². The molecule has 1 heterocycles. The Kier molecular flexibility index (Phi) is 3.87. The topological polar surface area (TPSA) is 57.6 Å². The van der Waals surface area contributed by atoms with E-state index in [9.17, 15) is 13.5 Å². The molecule has 19 heavy (non-hydrogen) atoms. The van der Waals surface area contributed by atoms with E-state index >= 15 is 0 Å². The molecule has 0 bridgehead atoms. The summed E-state index contributed by atoms with van der Waals surface area (Å²) in [4.78, 5) is 0.258. The highest BCUT2D eigenvalue weighted by Crippen LogP contribution is 2.39. The normalized spacial score (nSPS) is 19.7. The molecule has 0 aliphatic carbocycles. The number of benzene rings is 1. The van der Waals surface area contributed by atoms with Crippen molar-refractivity contribution in [3.63, 3.8) is 0 Å². The SMILES string of the molecule is CCC1(CC)CCN(S(=O)(=O)c2ccc(O)cc2)C1. The minimum Gasteiger partial charge on any atom is -0.508 e. The van der Waals surface area contributed by atoms with Gasteiger partial charge in [0.1, 0.15) is 5.75 Å². The van der Waals surface area contributed by atoms with Gasteiger partial charge in [0, 0.05) is 13.1 Å². The fourth-order valence-electron chi connectivity index (χ4n) is 2.69. The first-order chi connectivity index (χ1) is 8.93. The second-order valence-electron chi connectivity index (χ2n) is 5.29. The predicted octanol–water partition coefficient (Wildman–Crippen LogP) is 2.59. The molecular formula is C14H21NO3S. The number of nitrogens with zero attached hydrogens (tertiary/aromatic N) is 1. The summed E-state index contributed by atoms with van der Waals surface area (Å²) in [5.41, 5.74) is 0.129. The Balaban J connectivity index is 2.25. The largest absolute Gasteiger partial charge is 0.508 e. The summed E-state index contributed by atoms with van der Waals surface area (Å²) in [6.07, 6.45) is 2.94. The lowest BCUT2D eigenvalue weighted by atomic mass is 9.82. The van der Waals surface area contributed by atoms with Crippen LogP contribution in [0.15, 0.2) is 29.2 Å². The second kappa shape index (κ2) is 5.13. The average molecular weight is 283 g/mol. The van der Waals surface area contributed by atoms with Gasteiger partial charge in [0.2, 0.25) is 10.0 Å². The zero-order valence-electron chi connectivity index (χ0n) is 11.5. The zero-order valence-corrected chi connectivity index (χ0v) is 12.3. The van der Waals surface area contributed by atoms with Gasteiger partial charge in [-0.2, -0.15) is 4.31 Å². The van der Waals surface area contributed by atoms with Gasteiger partial charge in [-0.1, -0.05) is 13.8 Å². The van der Waals surface area contributed by atoms with Crippen molar-refractivity contribution < 1.29 is 13.5 Å². The molecular weight excluding hydrogens is 262 g/mol. The number of phenols is 1. The van der Waals surface area contributed by atoms with E-state index in [0.29, 0.717) is 13.1 Å². The van der Waals surface area contributed by atoms with Crippen molar-refractivity contribution in [3.8, 4) is 5.75 Å². The highest BCUT2D eigenvalue weighted by molar-refractivity contribution is 7.89. The maximum Gasteiger partial charge on any atom is 0.243 e. The molecule has 1 fully saturated rings. The van der Waals surface area contributed by atoms with Gasteiger partial charge >= 0.3 is 0 Å². The number of phenolic OH excluding ortho intramolecular Hbond substituents is 1. The minimum absolute atomic E-state index is 0.0804. The first-order valence-electron chi connectivity index (χ1n) is 6.73. The van der Waals surface area contributed by atoms with Crippen LogP contribution in [0.5, 0.6) is 5.75 Å². The smallest absolute Gasteiger partial charge is 0.243 e. The number of hydrogen-bond donors (Lipinski definition) is 1. The van der Waals surface area contributed by atoms with Crippen molar-refractivity contribution in [3.05, 3.63) is 24.3 Å². The summed E-state index contributed by atoms with van der Waals surface area (Å²) in [6, 6.07) is 5.75. The maximum absolute atomic E-state index is 12.5. The first-order valence-corrected chi connectivity index (χ1v) is 8.17. The maximum atomic E-state index is 12.5. The lowest BCUT2D eigenvalue weighted by molar-refractivity contribution is 0.279. The highest BCUT2D eigenvalue weighted by atomic mass is 32.2. The summed E-state index contributed by atoms with van der Waals surface area (Å²) in [7, 11) is -3.42. The van der Waals surface area contributed by atoms with Crippen molar-refractivity contribution in [2.45, 2.75) is 38.0 Å². The Morgan fingerprint density at radius 1 is 1.21 bits per heavy atom. The van der Waals surface area contributed by atoms with Crippen LogP contribution in [0.1, 0.15) is 33.1 Å². The van der Waals surface area contributed by atoms with Crippen LogP contribution in [-0.4, -0.2) is 30.9 Å². The van der Waals surface area contributed by atoms with Crippen LogP contribution < -0.4 is 0 Å². The molecule has 5 heteroatoms. The monoisotopic (exact) mass is 283 g/mol. The van der Waals surface area contributed by atoms with Gasteiger partial charge in [0.25, 0.3) is 0 Å². The van der Waals surface area contributed by atoms with Crippen molar-refractivity contribution in [2.75, 3.05) is 13.1 Å². The molecule has 0 radical (unpaired) electrons. The molecule has 0 aromatic heterocycles. The predicted molar refractivity (Wildman–Crippen MR) is 74.5 cm³/mol. The first kappa shape index (κ1) is 14.3. The van der Waals surface area contributed by atoms with Crippen LogP contribution >= 0.6 is 0 Å². The van der Waals surface area contributed by atoms with Gasteiger partial charge in [-0.05, 0) is 48.9 Å². The molecule has 2 rings (SSSR count). The molecule has 0 atom stereocenters.